The maximum Gasteiger partial charge on any atom is 0.261 e. The minimum atomic E-state index is -3.70. The first kappa shape index (κ1) is 16.4. The van der Waals surface area contributed by atoms with Gasteiger partial charge in [0.15, 0.2) is 0 Å². The highest BCUT2D eigenvalue weighted by atomic mass is 79.9. The molecule has 0 radical (unpaired) electrons. The van der Waals surface area contributed by atoms with Gasteiger partial charge in [0.25, 0.3) is 10.0 Å². The van der Waals surface area contributed by atoms with Crippen LogP contribution < -0.4 is 10.5 Å². The number of nitrogens with two attached hydrogens (primary N) is 1. The Morgan fingerprint density at radius 1 is 1.05 bits per heavy atom. The van der Waals surface area contributed by atoms with E-state index in [0.29, 0.717) is 11.3 Å². The van der Waals surface area contributed by atoms with E-state index in [1.165, 1.54) is 12.1 Å². The average Bonchev–Trinajstić information content (AvgIpc) is 2.41. The third kappa shape index (κ3) is 4.03. The van der Waals surface area contributed by atoms with E-state index in [9.17, 15) is 8.42 Å². The molecule has 0 heterocycles. The SMILES string of the molecule is NC(=S)c1cc(Br)ccc1NS(=O)(=O)c1ccc(Br)cc1. The smallest absolute Gasteiger partial charge is 0.261 e. The molecule has 21 heavy (non-hydrogen) atoms. The van der Waals surface area contributed by atoms with E-state index in [1.54, 1.807) is 30.3 Å². The number of thiocarbonyl (C=S) groups is 1. The molecule has 0 amide bonds. The Morgan fingerprint density at radius 2 is 1.62 bits per heavy atom. The standard InChI is InChI=1S/C13H10Br2N2O2S2/c14-8-1-4-10(5-2-8)21(18,19)17-12-6-3-9(15)7-11(12)13(16)20/h1-7,17H,(H2,16,20). The number of rotatable bonds is 4. The zero-order valence-corrected chi connectivity index (χ0v) is 15.3. The molecule has 0 bridgehead atoms. The van der Waals surface area contributed by atoms with Gasteiger partial charge in [-0.2, -0.15) is 0 Å². The van der Waals surface area contributed by atoms with Crippen LogP contribution in [0.3, 0.4) is 0 Å². The molecular formula is C13H10Br2N2O2S2. The first-order valence-corrected chi connectivity index (χ1v) is 9.15. The molecule has 0 fully saturated rings. The number of anilines is 1. The van der Waals surface area contributed by atoms with Crippen molar-refractivity contribution in [3.05, 3.63) is 57.0 Å². The summed E-state index contributed by atoms with van der Waals surface area (Å²) in [5, 5.41) is 0. The van der Waals surface area contributed by atoms with Crippen molar-refractivity contribution in [2.75, 3.05) is 4.72 Å². The van der Waals surface area contributed by atoms with E-state index in [2.05, 4.69) is 36.6 Å². The van der Waals surface area contributed by atoms with Crippen LogP contribution >= 0.6 is 44.1 Å². The Hall–Kier alpha value is -0.960. The molecule has 4 nitrogen and oxygen atoms in total. The number of hydrogen-bond acceptors (Lipinski definition) is 3. The van der Waals surface area contributed by atoms with Gasteiger partial charge >= 0.3 is 0 Å². The Bertz CT molecular complexity index is 790. The van der Waals surface area contributed by atoms with Crippen molar-refractivity contribution in [2.45, 2.75) is 4.90 Å². The van der Waals surface area contributed by atoms with Crippen LogP contribution in [0.1, 0.15) is 5.56 Å². The van der Waals surface area contributed by atoms with Crippen molar-refractivity contribution in [2.24, 2.45) is 5.73 Å². The largest absolute Gasteiger partial charge is 0.389 e. The van der Waals surface area contributed by atoms with E-state index in [1.807, 2.05) is 0 Å². The number of nitrogens with one attached hydrogen (secondary N) is 1. The van der Waals surface area contributed by atoms with Crippen molar-refractivity contribution >= 4 is 64.8 Å². The lowest BCUT2D eigenvalue weighted by molar-refractivity contribution is 0.601. The van der Waals surface area contributed by atoms with Gasteiger partial charge in [-0.3, -0.25) is 4.72 Å². The highest BCUT2D eigenvalue weighted by molar-refractivity contribution is 9.10. The molecule has 0 spiro atoms. The second-order valence-electron chi connectivity index (χ2n) is 4.11. The fraction of sp³-hybridized carbons (Fsp3) is 0. The van der Waals surface area contributed by atoms with Crippen molar-refractivity contribution in [3.63, 3.8) is 0 Å². The fourth-order valence-electron chi connectivity index (χ4n) is 1.63. The van der Waals surface area contributed by atoms with Crippen LogP contribution in [0.4, 0.5) is 5.69 Å². The lowest BCUT2D eigenvalue weighted by Crippen LogP contribution is -2.18. The minimum Gasteiger partial charge on any atom is -0.389 e. The van der Waals surface area contributed by atoms with Gasteiger partial charge in [0.05, 0.1) is 10.6 Å². The molecule has 0 saturated heterocycles. The van der Waals surface area contributed by atoms with Crippen molar-refractivity contribution < 1.29 is 8.42 Å². The Balaban J connectivity index is 2.41. The lowest BCUT2D eigenvalue weighted by Gasteiger charge is -2.12. The van der Waals surface area contributed by atoms with Crippen LogP contribution in [0, 0.1) is 0 Å². The number of benzene rings is 2. The van der Waals surface area contributed by atoms with Crippen LogP contribution in [0.2, 0.25) is 0 Å². The number of hydrogen-bond donors (Lipinski definition) is 2. The van der Waals surface area contributed by atoms with Crippen molar-refractivity contribution in [1.29, 1.82) is 0 Å². The van der Waals surface area contributed by atoms with Gasteiger partial charge < -0.3 is 5.73 Å². The molecule has 0 aliphatic heterocycles. The highest BCUT2D eigenvalue weighted by Crippen LogP contribution is 2.24. The average molecular weight is 450 g/mol. The van der Waals surface area contributed by atoms with E-state index in [0.717, 1.165) is 8.95 Å². The van der Waals surface area contributed by atoms with Gasteiger partial charge in [-0.1, -0.05) is 44.1 Å². The van der Waals surface area contributed by atoms with E-state index in [4.69, 9.17) is 18.0 Å². The molecule has 0 unspecified atom stereocenters. The summed E-state index contributed by atoms with van der Waals surface area (Å²) in [6.45, 7) is 0. The third-order valence-corrected chi connectivity index (χ3v) is 5.24. The molecule has 0 saturated carbocycles. The molecule has 3 N–H and O–H groups in total. The monoisotopic (exact) mass is 448 g/mol. The first-order valence-electron chi connectivity index (χ1n) is 5.67. The number of halogens is 2. The molecule has 0 aliphatic carbocycles. The van der Waals surface area contributed by atoms with Crippen molar-refractivity contribution in [3.8, 4) is 0 Å². The van der Waals surface area contributed by atoms with Gasteiger partial charge in [-0.05, 0) is 42.5 Å². The van der Waals surface area contributed by atoms with Crippen LogP contribution in [-0.2, 0) is 10.0 Å². The molecule has 2 aromatic rings. The molecular weight excluding hydrogens is 440 g/mol. The lowest BCUT2D eigenvalue weighted by atomic mass is 10.2. The summed E-state index contributed by atoms with van der Waals surface area (Å²) >= 11 is 11.5. The van der Waals surface area contributed by atoms with Gasteiger partial charge in [0, 0.05) is 14.5 Å². The second kappa shape index (κ2) is 6.43. The normalized spacial score (nSPS) is 11.1. The van der Waals surface area contributed by atoms with Crippen molar-refractivity contribution in [1.82, 2.24) is 0 Å². The summed E-state index contributed by atoms with van der Waals surface area (Å²) < 4.78 is 28.8. The quantitative estimate of drug-likeness (QED) is 0.698. The van der Waals surface area contributed by atoms with Crippen LogP contribution in [0.25, 0.3) is 0 Å². The Labute approximate surface area is 145 Å². The maximum atomic E-state index is 12.4. The zero-order valence-electron chi connectivity index (χ0n) is 10.5. The summed E-state index contributed by atoms with van der Waals surface area (Å²) in [6.07, 6.45) is 0. The number of sulfonamides is 1. The molecule has 2 aromatic carbocycles. The zero-order chi connectivity index (χ0) is 15.6. The third-order valence-electron chi connectivity index (χ3n) is 2.62. The van der Waals surface area contributed by atoms with Crippen LogP contribution in [0.5, 0.6) is 0 Å². The summed E-state index contributed by atoms with van der Waals surface area (Å²) in [5.74, 6) is 0. The Morgan fingerprint density at radius 3 is 2.19 bits per heavy atom. The van der Waals surface area contributed by atoms with E-state index in [-0.39, 0.29) is 9.88 Å². The maximum absolute atomic E-state index is 12.4. The van der Waals surface area contributed by atoms with Gasteiger partial charge in [-0.25, -0.2) is 8.42 Å². The Kier molecular flexibility index (Phi) is 5.03. The molecule has 0 atom stereocenters. The van der Waals surface area contributed by atoms with Gasteiger partial charge in [0.1, 0.15) is 4.99 Å². The predicted molar refractivity (Wildman–Crippen MR) is 95.0 cm³/mol. The summed E-state index contributed by atoms with van der Waals surface area (Å²) in [7, 11) is -3.70. The van der Waals surface area contributed by atoms with Gasteiger partial charge in [-0.15, -0.1) is 0 Å². The molecule has 0 aliphatic rings. The highest BCUT2D eigenvalue weighted by Gasteiger charge is 2.17. The molecule has 8 heteroatoms. The second-order valence-corrected chi connectivity index (χ2v) is 8.07. The molecule has 110 valence electrons. The predicted octanol–water partition coefficient (Wildman–Crippen LogP) is 3.65. The minimum absolute atomic E-state index is 0.116. The summed E-state index contributed by atoms with van der Waals surface area (Å²) in [5.41, 5.74) is 6.43. The molecule has 2 rings (SSSR count). The summed E-state index contributed by atoms with van der Waals surface area (Å²) in [6, 6.07) is 11.3. The van der Waals surface area contributed by atoms with Crippen LogP contribution in [0.15, 0.2) is 56.3 Å². The first-order chi connectivity index (χ1) is 9.79. The van der Waals surface area contributed by atoms with Crippen LogP contribution in [-0.4, -0.2) is 13.4 Å². The topological polar surface area (TPSA) is 72.2 Å². The molecule has 0 aromatic heterocycles. The van der Waals surface area contributed by atoms with E-state index < -0.39 is 10.0 Å². The fourth-order valence-corrected chi connectivity index (χ4v) is 3.50. The van der Waals surface area contributed by atoms with Gasteiger partial charge in [0.2, 0.25) is 0 Å². The summed E-state index contributed by atoms with van der Waals surface area (Å²) in [4.78, 5) is 0.271. The van der Waals surface area contributed by atoms with E-state index >= 15 is 0 Å².